The maximum Gasteiger partial charge on any atom is 0.274 e. The number of halogens is 6. The molecule has 18 rings (SSSR count). The van der Waals surface area contributed by atoms with Gasteiger partial charge in [0.15, 0.2) is 11.1 Å². The second kappa shape index (κ2) is 37.9. The smallest absolute Gasteiger partial charge is 0.274 e. The van der Waals surface area contributed by atoms with Crippen LogP contribution < -0.4 is 61.7 Å². The van der Waals surface area contributed by atoms with Crippen molar-refractivity contribution in [3.05, 3.63) is 313 Å². The van der Waals surface area contributed by atoms with Crippen molar-refractivity contribution >= 4 is 211 Å². The molecular weight excluding hydrogens is 1690 g/mol. The van der Waals surface area contributed by atoms with Crippen molar-refractivity contribution in [2.45, 2.75) is 18.5 Å². The Balaban J connectivity index is 0.000000137. The van der Waals surface area contributed by atoms with Crippen molar-refractivity contribution in [2.24, 2.45) is 25.7 Å². The summed E-state index contributed by atoms with van der Waals surface area (Å²) in [5.41, 5.74) is 20.1. The van der Waals surface area contributed by atoms with Gasteiger partial charge < -0.3 is 75.9 Å². The van der Waals surface area contributed by atoms with Crippen molar-refractivity contribution in [3.63, 3.8) is 0 Å². The largest absolute Gasteiger partial charge is 0.378 e. The number of guanidine groups is 1. The number of carbonyl (C=O) groups is 3. The molecule has 3 atom stereocenters. The molecule has 3 unspecified atom stereocenters. The van der Waals surface area contributed by atoms with Crippen LogP contribution in [0.4, 0.5) is 51.2 Å². The van der Waals surface area contributed by atoms with Crippen LogP contribution in [0.2, 0.25) is 30.1 Å². The van der Waals surface area contributed by atoms with E-state index in [2.05, 4.69) is 101 Å². The molecule has 0 saturated carbocycles. The van der Waals surface area contributed by atoms with Gasteiger partial charge in [-0.25, -0.2) is 20.0 Å². The molecule has 29 heteroatoms. The third-order valence-electron chi connectivity index (χ3n) is 22.0. The van der Waals surface area contributed by atoms with Gasteiger partial charge in [-0.1, -0.05) is 204 Å². The number of benzene rings is 12. The minimum absolute atomic E-state index is 0.0623. The Morgan fingerprint density at radius 1 is 0.382 bits per heavy atom. The monoisotopic (exact) mass is 1770 g/mol. The van der Waals surface area contributed by atoms with Gasteiger partial charge in [0.05, 0.1) is 79.7 Å². The second-order valence-corrected chi connectivity index (χ2v) is 32.5. The number of rotatable bonds is 14. The standard InChI is InChI=1S/C32H29Cl2N5O2.C31H28Cl2N6O2.C31H27Cl2N5O2S/c1-20(35-27-12-14-29(39-15-17-41-18-16-39)23-8-4-3-7-22(23)27)36-31-32(40)38(2)28-13-11-21(33)19-25(28)30(37-31)24-9-5-6-10-26(24)34;1-38-26-12-10-19(32)18-23(26)28(22-8-4-5-9-24(22)33)36-29(30(38)40)37-31(34)35-25-11-13-27(39-14-16-41-17-15-39)21-7-3-2-6-20(21)25;1-37-26-12-10-19(32)18-23(26)28(22-8-4-5-9-24(22)33)35-29(30(37)39)36-31(41)34-25-11-13-27(38-14-16-40-17-15-38)21-7-3-2-6-20(21)25/h3-14,19,31,35-36H,1,15-18H2,2H3;2-13,18,29H,14-17H2,1H3,(H3,34,35,37);2-13,18,29H,14-17H2,1H3,(H2,34,36,41). The molecule has 0 aromatic heterocycles. The molecular formula is C94H84Cl6N16O6S. The molecule has 22 nitrogen and oxygen atoms in total. The van der Waals surface area contributed by atoms with Crippen LogP contribution in [0.5, 0.6) is 0 Å². The second-order valence-electron chi connectivity index (χ2n) is 29.5. The molecule has 12 aromatic rings. The molecule has 7 N–H and O–H groups in total. The van der Waals surface area contributed by atoms with E-state index in [0.717, 1.165) is 100 Å². The van der Waals surface area contributed by atoms with Crippen molar-refractivity contribution in [1.82, 2.24) is 10.6 Å². The van der Waals surface area contributed by atoms with E-state index in [9.17, 15) is 14.4 Å². The van der Waals surface area contributed by atoms with Gasteiger partial charge in [0, 0.05) is 190 Å². The van der Waals surface area contributed by atoms with E-state index in [4.69, 9.17) is 117 Å². The normalized spacial score (nSPS) is 17.3. The highest BCUT2D eigenvalue weighted by atomic mass is 35.5. The maximum atomic E-state index is 13.7. The molecule has 3 amide bonds. The summed E-state index contributed by atoms with van der Waals surface area (Å²) in [5, 5.41) is 26.0. The molecule has 0 radical (unpaired) electrons. The number of ether oxygens (including phenoxy) is 3. The fourth-order valence-electron chi connectivity index (χ4n) is 15.9. The summed E-state index contributed by atoms with van der Waals surface area (Å²) in [5.74, 6) is -0.356. The number of hydrogen-bond acceptors (Lipinski definition) is 16. The lowest BCUT2D eigenvalue weighted by Crippen LogP contribution is -2.47. The van der Waals surface area contributed by atoms with E-state index in [0.29, 0.717) is 143 Å². The Hall–Kier alpha value is -11.8. The lowest BCUT2D eigenvalue weighted by Gasteiger charge is -2.30. The third-order valence-corrected chi connectivity index (χ3v) is 23.9. The molecule has 3 fully saturated rings. The average molecular weight is 1780 g/mol. The zero-order chi connectivity index (χ0) is 85.5. The number of carbonyl (C=O) groups excluding carboxylic acids is 3. The number of fused-ring (bicyclic) bond motifs is 6. The summed E-state index contributed by atoms with van der Waals surface area (Å²) in [7, 11) is 5.12. The first kappa shape index (κ1) is 84.8. The van der Waals surface area contributed by atoms with Crippen LogP contribution >= 0.6 is 81.8 Å². The van der Waals surface area contributed by atoms with Gasteiger partial charge in [0.2, 0.25) is 18.5 Å². The van der Waals surface area contributed by atoms with Gasteiger partial charge in [-0.3, -0.25) is 14.4 Å². The van der Waals surface area contributed by atoms with Crippen molar-refractivity contribution < 1.29 is 28.6 Å². The van der Waals surface area contributed by atoms with Crippen LogP contribution in [0, 0.1) is 0 Å². The SMILES string of the molecule is C=C(Nc1ccc(N2CCOCC2)c2ccccc12)NC1N=C(c2ccccc2Cl)c2cc(Cl)ccc2N(C)C1=O.CN1C(=O)C(N=C(N)Nc2ccc(N3CCOCC3)c3ccccc23)N=C(c2ccccc2Cl)c2cc(Cl)ccc21.CN1C(=O)C(NC(=S)Nc2ccc(N3CCOCC3)c3ccccc23)N=C(c2ccccc2Cl)c2cc(Cl)ccc21. The lowest BCUT2D eigenvalue weighted by molar-refractivity contribution is -0.120. The topological polar surface area (TPSA) is 234 Å². The van der Waals surface area contributed by atoms with Crippen LogP contribution in [-0.2, 0) is 28.6 Å². The van der Waals surface area contributed by atoms with Crippen LogP contribution in [0.15, 0.2) is 269 Å². The van der Waals surface area contributed by atoms with E-state index < -0.39 is 18.5 Å². The summed E-state index contributed by atoms with van der Waals surface area (Å²) in [6.45, 7) is 13.5. The number of anilines is 9. The van der Waals surface area contributed by atoms with E-state index in [1.54, 1.807) is 91.6 Å². The number of thiocarbonyl (C=S) groups is 1. The zero-order valence-corrected chi connectivity index (χ0v) is 72.5. The highest BCUT2D eigenvalue weighted by Crippen LogP contribution is 2.41. The predicted octanol–water partition coefficient (Wildman–Crippen LogP) is 18.0. The molecule has 624 valence electrons. The van der Waals surface area contributed by atoms with Crippen molar-refractivity contribution in [2.75, 3.05) is 145 Å². The predicted molar refractivity (Wildman–Crippen MR) is 509 cm³/mol. The number of nitrogens with two attached hydrogens (primary N) is 1. The molecule has 6 aliphatic heterocycles. The van der Waals surface area contributed by atoms with Gasteiger partial charge in [-0.15, -0.1) is 0 Å². The quantitative estimate of drug-likeness (QED) is 0.0337. The first-order chi connectivity index (χ1) is 59.7. The molecule has 0 aliphatic carbocycles. The highest BCUT2D eigenvalue weighted by Gasteiger charge is 2.36. The van der Waals surface area contributed by atoms with Crippen LogP contribution in [0.1, 0.15) is 33.4 Å². The maximum absolute atomic E-state index is 13.7. The first-order valence-electron chi connectivity index (χ1n) is 39.9. The number of morpholine rings is 3. The number of amides is 3. The summed E-state index contributed by atoms with van der Waals surface area (Å²) < 4.78 is 16.6. The Kier molecular flexibility index (Phi) is 26.1. The van der Waals surface area contributed by atoms with E-state index in [1.807, 2.05) is 127 Å². The highest BCUT2D eigenvalue weighted by molar-refractivity contribution is 7.80. The number of benzodiazepines with no additional fused rings is 3. The Morgan fingerprint density at radius 3 is 1.07 bits per heavy atom. The molecule has 12 aromatic carbocycles. The zero-order valence-electron chi connectivity index (χ0n) is 67.1. The van der Waals surface area contributed by atoms with E-state index in [1.165, 1.54) is 10.6 Å². The van der Waals surface area contributed by atoms with E-state index in [-0.39, 0.29) is 28.8 Å². The van der Waals surface area contributed by atoms with Gasteiger partial charge in [-0.2, -0.15) is 0 Å². The van der Waals surface area contributed by atoms with Crippen LogP contribution in [0.3, 0.4) is 0 Å². The van der Waals surface area contributed by atoms with Crippen molar-refractivity contribution in [1.29, 1.82) is 0 Å². The molecule has 0 bridgehead atoms. The molecule has 123 heavy (non-hydrogen) atoms. The summed E-state index contributed by atoms with van der Waals surface area (Å²) in [4.78, 5) is 71.7. The fraction of sp³-hybridized carbons (Fsp3) is 0.191. The minimum atomic E-state index is -1.15. The van der Waals surface area contributed by atoms with Gasteiger partial charge >= 0.3 is 0 Å². The van der Waals surface area contributed by atoms with Gasteiger partial charge in [0.1, 0.15) is 0 Å². The minimum Gasteiger partial charge on any atom is -0.378 e. The fourth-order valence-corrected chi connectivity index (χ4v) is 17.3. The molecule has 3 saturated heterocycles. The van der Waals surface area contributed by atoms with E-state index >= 15 is 0 Å². The molecule has 6 heterocycles. The summed E-state index contributed by atoms with van der Waals surface area (Å²) in [6, 6.07) is 75.1. The van der Waals surface area contributed by atoms with Crippen molar-refractivity contribution in [3.8, 4) is 0 Å². The number of nitrogens with zero attached hydrogens (tertiary/aromatic N) is 10. The Morgan fingerprint density at radius 2 is 0.691 bits per heavy atom. The Bertz CT molecular complexity index is 6010. The summed E-state index contributed by atoms with van der Waals surface area (Å²) in [6.07, 6.45) is -3.11. The first-order valence-corrected chi connectivity index (χ1v) is 42.5. The lowest BCUT2D eigenvalue weighted by atomic mass is 10.00. The average Bonchev–Trinajstić information content (AvgIpc) is 1.68. The number of hydrogen-bond donors (Lipinski definition) is 6. The number of nitrogens with one attached hydrogen (secondary N) is 5. The number of likely N-dealkylation sites (N-methyl/N-ethyl adjacent to an activating group) is 3. The van der Waals surface area contributed by atoms with Crippen LogP contribution in [-0.4, -0.2) is 164 Å². The van der Waals surface area contributed by atoms with Gasteiger partial charge in [-0.05, 0) is 121 Å². The molecule has 0 spiro atoms. The van der Waals surface area contributed by atoms with Crippen LogP contribution in [0.25, 0.3) is 32.3 Å². The third kappa shape index (κ3) is 18.5. The van der Waals surface area contributed by atoms with Gasteiger partial charge in [0.25, 0.3) is 17.7 Å². The number of aliphatic imine (C=N–C) groups is 4. The summed E-state index contributed by atoms with van der Waals surface area (Å²) >= 11 is 44.6. The molecule has 6 aliphatic rings. The Labute approximate surface area is 747 Å².